The predicted octanol–water partition coefficient (Wildman–Crippen LogP) is 4.47. The molecule has 2 aromatic carbocycles. The Hall–Kier alpha value is -3.18. The summed E-state index contributed by atoms with van der Waals surface area (Å²) in [6, 6.07) is 16.4. The molecule has 1 N–H and O–H groups in total. The Bertz CT molecular complexity index is 1030. The topological polar surface area (TPSA) is 50.2 Å². The number of nitrogens with one attached hydrogen (secondary N) is 1. The van der Waals surface area contributed by atoms with Crippen LogP contribution in [-0.4, -0.2) is 40.2 Å². The number of rotatable bonds is 6. The molecule has 5 heteroatoms. The van der Waals surface area contributed by atoms with Crippen LogP contribution in [0.4, 0.5) is 5.69 Å². The SMILES string of the molecule is CCc1ccc(NC(=O)CN2CC=C(c3cnn(-c4ccc(C)cc4)c3)CC2)cc1. The van der Waals surface area contributed by atoms with Gasteiger partial charge in [-0.25, -0.2) is 4.68 Å². The fourth-order valence-corrected chi connectivity index (χ4v) is 3.67. The first-order valence-electron chi connectivity index (χ1n) is 10.5. The van der Waals surface area contributed by atoms with Crippen LogP contribution in [0.2, 0.25) is 0 Å². The van der Waals surface area contributed by atoms with Crippen molar-refractivity contribution in [1.82, 2.24) is 14.7 Å². The van der Waals surface area contributed by atoms with Crippen LogP contribution in [0.15, 0.2) is 67.0 Å². The fraction of sp³-hybridized carbons (Fsp3) is 0.280. The van der Waals surface area contributed by atoms with Gasteiger partial charge in [-0.3, -0.25) is 9.69 Å². The number of aryl methyl sites for hydroxylation is 2. The number of benzene rings is 2. The van der Waals surface area contributed by atoms with Crippen molar-refractivity contribution in [2.75, 3.05) is 25.0 Å². The van der Waals surface area contributed by atoms with Crippen LogP contribution in [0.3, 0.4) is 0 Å². The van der Waals surface area contributed by atoms with Crippen molar-refractivity contribution < 1.29 is 4.79 Å². The highest BCUT2D eigenvalue weighted by molar-refractivity contribution is 5.92. The van der Waals surface area contributed by atoms with E-state index in [2.05, 4.69) is 77.8 Å². The lowest BCUT2D eigenvalue weighted by Gasteiger charge is -2.25. The minimum Gasteiger partial charge on any atom is -0.325 e. The molecule has 3 aromatic rings. The van der Waals surface area contributed by atoms with Gasteiger partial charge in [0.05, 0.1) is 18.4 Å². The van der Waals surface area contributed by atoms with E-state index in [1.54, 1.807) is 0 Å². The number of aromatic nitrogens is 2. The Kier molecular flexibility index (Phi) is 6.10. The largest absolute Gasteiger partial charge is 0.325 e. The first-order chi connectivity index (χ1) is 14.6. The van der Waals surface area contributed by atoms with E-state index in [1.807, 2.05) is 23.0 Å². The molecule has 30 heavy (non-hydrogen) atoms. The molecule has 0 fully saturated rings. The van der Waals surface area contributed by atoms with Gasteiger partial charge in [0, 0.05) is 30.5 Å². The van der Waals surface area contributed by atoms with Gasteiger partial charge >= 0.3 is 0 Å². The maximum Gasteiger partial charge on any atom is 0.238 e. The van der Waals surface area contributed by atoms with Crippen molar-refractivity contribution in [3.05, 3.63) is 83.7 Å². The lowest BCUT2D eigenvalue weighted by atomic mass is 10.0. The molecule has 0 spiro atoms. The van der Waals surface area contributed by atoms with E-state index in [0.717, 1.165) is 42.9 Å². The molecular weight excluding hydrogens is 372 g/mol. The average molecular weight is 401 g/mol. The maximum atomic E-state index is 12.4. The molecule has 0 saturated heterocycles. The Morgan fingerprint density at radius 2 is 1.87 bits per heavy atom. The summed E-state index contributed by atoms with van der Waals surface area (Å²) in [7, 11) is 0. The molecule has 1 aromatic heterocycles. The first-order valence-corrected chi connectivity index (χ1v) is 10.5. The van der Waals surface area contributed by atoms with Crippen LogP contribution in [0, 0.1) is 6.92 Å². The molecule has 1 aliphatic heterocycles. The highest BCUT2D eigenvalue weighted by atomic mass is 16.2. The molecule has 0 bridgehead atoms. The molecule has 0 radical (unpaired) electrons. The zero-order chi connectivity index (χ0) is 20.9. The van der Waals surface area contributed by atoms with E-state index < -0.39 is 0 Å². The van der Waals surface area contributed by atoms with Gasteiger partial charge in [0.25, 0.3) is 0 Å². The molecule has 1 amide bonds. The van der Waals surface area contributed by atoms with Gasteiger partial charge < -0.3 is 5.32 Å². The monoisotopic (exact) mass is 400 g/mol. The molecule has 154 valence electrons. The molecule has 5 nitrogen and oxygen atoms in total. The van der Waals surface area contributed by atoms with Gasteiger partial charge in [-0.15, -0.1) is 0 Å². The smallest absolute Gasteiger partial charge is 0.238 e. The zero-order valence-corrected chi connectivity index (χ0v) is 17.6. The summed E-state index contributed by atoms with van der Waals surface area (Å²) < 4.78 is 1.92. The van der Waals surface area contributed by atoms with E-state index in [9.17, 15) is 4.79 Å². The number of hydrogen-bond acceptors (Lipinski definition) is 3. The summed E-state index contributed by atoms with van der Waals surface area (Å²) in [4.78, 5) is 14.6. The average Bonchev–Trinajstić information content (AvgIpc) is 3.25. The van der Waals surface area contributed by atoms with Crippen molar-refractivity contribution in [3.63, 3.8) is 0 Å². The van der Waals surface area contributed by atoms with Crippen molar-refractivity contribution in [1.29, 1.82) is 0 Å². The van der Waals surface area contributed by atoms with Crippen LogP contribution in [0.5, 0.6) is 0 Å². The Labute approximate surface area is 178 Å². The summed E-state index contributed by atoms with van der Waals surface area (Å²) in [6.07, 6.45) is 8.13. The summed E-state index contributed by atoms with van der Waals surface area (Å²) in [5.74, 6) is 0.0308. The quantitative estimate of drug-likeness (QED) is 0.664. The van der Waals surface area contributed by atoms with Gasteiger partial charge in [-0.05, 0) is 55.2 Å². The Morgan fingerprint density at radius 3 is 2.53 bits per heavy atom. The second-order valence-electron chi connectivity index (χ2n) is 7.82. The molecular formula is C25H28N4O. The highest BCUT2D eigenvalue weighted by Gasteiger charge is 2.17. The van der Waals surface area contributed by atoms with Gasteiger partial charge in [-0.1, -0.05) is 42.8 Å². The third-order valence-electron chi connectivity index (χ3n) is 5.56. The van der Waals surface area contributed by atoms with E-state index in [4.69, 9.17) is 0 Å². The van der Waals surface area contributed by atoms with E-state index in [1.165, 1.54) is 16.7 Å². The molecule has 0 saturated carbocycles. The molecule has 0 atom stereocenters. The van der Waals surface area contributed by atoms with Crippen molar-refractivity contribution in [3.8, 4) is 5.69 Å². The minimum absolute atomic E-state index is 0.0308. The molecule has 1 aliphatic rings. The lowest BCUT2D eigenvalue weighted by Crippen LogP contribution is -2.36. The number of anilines is 1. The normalized spacial score (nSPS) is 14.4. The van der Waals surface area contributed by atoms with Crippen LogP contribution in [0.25, 0.3) is 11.3 Å². The number of amides is 1. The molecule has 2 heterocycles. The van der Waals surface area contributed by atoms with Gasteiger partial charge in [-0.2, -0.15) is 5.10 Å². The predicted molar refractivity (Wildman–Crippen MR) is 122 cm³/mol. The van der Waals surface area contributed by atoms with Crippen molar-refractivity contribution in [2.45, 2.75) is 26.7 Å². The summed E-state index contributed by atoms with van der Waals surface area (Å²) in [6.45, 7) is 6.25. The van der Waals surface area contributed by atoms with E-state index in [-0.39, 0.29) is 5.91 Å². The third kappa shape index (κ3) is 4.86. The van der Waals surface area contributed by atoms with Gasteiger partial charge in [0.2, 0.25) is 5.91 Å². The lowest BCUT2D eigenvalue weighted by molar-refractivity contribution is -0.117. The Morgan fingerprint density at radius 1 is 1.10 bits per heavy atom. The highest BCUT2D eigenvalue weighted by Crippen LogP contribution is 2.23. The maximum absolute atomic E-state index is 12.4. The third-order valence-corrected chi connectivity index (χ3v) is 5.56. The second-order valence-corrected chi connectivity index (χ2v) is 7.82. The van der Waals surface area contributed by atoms with Crippen molar-refractivity contribution >= 4 is 17.2 Å². The van der Waals surface area contributed by atoms with E-state index in [0.29, 0.717) is 6.54 Å². The van der Waals surface area contributed by atoms with Crippen LogP contribution < -0.4 is 5.32 Å². The molecule has 0 unspecified atom stereocenters. The van der Waals surface area contributed by atoms with Crippen LogP contribution in [0.1, 0.15) is 30.0 Å². The Balaban J connectivity index is 1.32. The summed E-state index contributed by atoms with van der Waals surface area (Å²) in [5.41, 5.74) is 6.87. The van der Waals surface area contributed by atoms with Crippen LogP contribution in [-0.2, 0) is 11.2 Å². The first kappa shape index (κ1) is 20.1. The second kappa shape index (κ2) is 9.09. The number of carbonyl (C=O) groups excluding carboxylic acids is 1. The van der Waals surface area contributed by atoms with E-state index >= 15 is 0 Å². The fourth-order valence-electron chi connectivity index (χ4n) is 3.67. The summed E-state index contributed by atoms with van der Waals surface area (Å²) in [5, 5.41) is 7.51. The summed E-state index contributed by atoms with van der Waals surface area (Å²) >= 11 is 0. The molecule has 0 aliphatic carbocycles. The minimum atomic E-state index is 0.0308. The van der Waals surface area contributed by atoms with Gasteiger partial charge in [0.15, 0.2) is 0 Å². The van der Waals surface area contributed by atoms with Crippen molar-refractivity contribution in [2.24, 2.45) is 0 Å². The zero-order valence-electron chi connectivity index (χ0n) is 17.6. The standard InChI is InChI=1S/C25H28N4O/c1-3-20-6-8-23(9-7-20)27-25(30)18-28-14-12-21(13-15-28)22-16-26-29(17-22)24-10-4-19(2)5-11-24/h4-12,16-17H,3,13-15,18H2,1-2H3,(H,27,30). The van der Waals surface area contributed by atoms with Gasteiger partial charge in [0.1, 0.15) is 0 Å². The van der Waals surface area contributed by atoms with Crippen LogP contribution >= 0.6 is 0 Å². The number of nitrogens with zero attached hydrogens (tertiary/aromatic N) is 3. The number of hydrogen-bond donors (Lipinski definition) is 1. The number of carbonyl (C=O) groups is 1. The molecule has 4 rings (SSSR count).